The van der Waals surface area contributed by atoms with Gasteiger partial charge in [0.15, 0.2) is 5.78 Å². The van der Waals surface area contributed by atoms with Crippen LogP contribution in [-0.2, 0) is 14.3 Å². The van der Waals surface area contributed by atoms with Gasteiger partial charge in [-0.3, -0.25) is 9.59 Å². The summed E-state index contributed by atoms with van der Waals surface area (Å²) in [6, 6.07) is 7.81. The lowest BCUT2D eigenvalue weighted by molar-refractivity contribution is -0.140. The second-order valence-electron chi connectivity index (χ2n) is 5.80. The standard InChI is InChI=1S/C19H24O4/c1-22-13-17-14-9-7-8-11-15(14)19(21)16(17)10-5-3-4-6-12-18(20)23-2/h3,5,7-9,11,16-17H,4,6,10,12-13H2,1-2H3/b5-3-. The van der Waals surface area contributed by atoms with Crippen molar-refractivity contribution in [3.63, 3.8) is 0 Å². The third-order valence-corrected chi connectivity index (χ3v) is 4.33. The Morgan fingerprint density at radius 1 is 1.17 bits per heavy atom. The van der Waals surface area contributed by atoms with Crippen LogP contribution in [0.2, 0.25) is 0 Å². The van der Waals surface area contributed by atoms with Gasteiger partial charge in [-0.2, -0.15) is 0 Å². The Balaban J connectivity index is 1.91. The number of esters is 1. The Kier molecular flexibility index (Phi) is 6.53. The van der Waals surface area contributed by atoms with Crippen molar-refractivity contribution >= 4 is 11.8 Å². The van der Waals surface area contributed by atoms with Crippen molar-refractivity contribution in [1.29, 1.82) is 0 Å². The largest absolute Gasteiger partial charge is 0.469 e. The average molecular weight is 316 g/mol. The third-order valence-electron chi connectivity index (χ3n) is 4.33. The van der Waals surface area contributed by atoms with Crippen LogP contribution >= 0.6 is 0 Å². The minimum absolute atomic E-state index is 0.0517. The zero-order chi connectivity index (χ0) is 16.7. The van der Waals surface area contributed by atoms with E-state index in [1.807, 2.05) is 36.4 Å². The first-order valence-electron chi connectivity index (χ1n) is 8.03. The molecule has 4 nitrogen and oxygen atoms in total. The first kappa shape index (κ1) is 17.4. The third kappa shape index (κ3) is 4.29. The van der Waals surface area contributed by atoms with E-state index in [2.05, 4.69) is 4.74 Å². The van der Waals surface area contributed by atoms with Crippen LogP contribution in [0.4, 0.5) is 0 Å². The number of carbonyl (C=O) groups is 2. The highest BCUT2D eigenvalue weighted by Crippen LogP contribution is 2.39. The molecule has 4 heteroatoms. The predicted octanol–water partition coefficient (Wildman–Crippen LogP) is 3.52. The van der Waals surface area contributed by atoms with E-state index in [9.17, 15) is 9.59 Å². The van der Waals surface area contributed by atoms with Crippen molar-refractivity contribution in [2.75, 3.05) is 20.8 Å². The maximum atomic E-state index is 12.6. The Labute approximate surface area is 137 Å². The molecule has 0 heterocycles. The predicted molar refractivity (Wildman–Crippen MR) is 88.5 cm³/mol. The molecule has 0 spiro atoms. The summed E-state index contributed by atoms with van der Waals surface area (Å²) in [5, 5.41) is 0. The summed E-state index contributed by atoms with van der Waals surface area (Å²) < 4.78 is 9.92. The van der Waals surface area contributed by atoms with E-state index in [1.165, 1.54) is 7.11 Å². The topological polar surface area (TPSA) is 52.6 Å². The van der Waals surface area contributed by atoms with Crippen molar-refractivity contribution in [3.8, 4) is 0 Å². The van der Waals surface area contributed by atoms with Crippen LogP contribution < -0.4 is 0 Å². The molecule has 0 saturated heterocycles. The minimum atomic E-state index is -0.181. The normalized spacial score (nSPS) is 20.0. The van der Waals surface area contributed by atoms with Gasteiger partial charge in [-0.25, -0.2) is 0 Å². The van der Waals surface area contributed by atoms with Gasteiger partial charge in [0.1, 0.15) is 0 Å². The summed E-state index contributed by atoms with van der Waals surface area (Å²) in [4.78, 5) is 23.6. The van der Waals surface area contributed by atoms with Crippen LogP contribution in [0.5, 0.6) is 0 Å². The number of hydrogen-bond donors (Lipinski definition) is 0. The lowest BCUT2D eigenvalue weighted by Crippen LogP contribution is -2.16. The van der Waals surface area contributed by atoms with Gasteiger partial charge >= 0.3 is 5.97 Å². The van der Waals surface area contributed by atoms with E-state index in [0.29, 0.717) is 19.4 Å². The number of methoxy groups -OCH3 is 2. The van der Waals surface area contributed by atoms with E-state index in [1.54, 1.807) is 7.11 Å². The molecule has 0 N–H and O–H groups in total. The fourth-order valence-corrected chi connectivity index (χ4v) is 3.13. The van der Waals surface area contributed by atoms with Gasteiger partial charge in [-0.05, 0) is 24.8 Å². The monoisotopic (exact) mass is 316 g/mol. The van der Waals surface area contributed by atoms with Gasteiger partial charge in [-0.1, -0.05) is 36.4 Å². The molecule has 0 saturated carbocycles. The van der Waals surface area contributed by atoms with Gasteiger partial charge in [-0.15, -0.1) is 0 Å². The number of ketones is 1. The van der Waals surface area contributed by atoms with E-state index in [4.69, 9.17) is 4.74 Å². The highest BCUT2D eigenvalue weighted by Gasteiger charge is 2.38. The summed E-state index contributed by atoms with van der Waals surface area (Å²) in [6.45, 7) is 0.559. The maximum Gasteiger partial charge on any atom is 0.305 e. The number of allylic oxidation sites excluding steroid dienone is 2. The first-order chi connectivity index (χ1) is 11.2. The van der Waals surface area contributed by atoms with Gasteiger partial charge in [0, 0.05) is 30.9 Å². The fraction of sp³-hybridized carbons (Fsp3) is 0.474. The van der Waals surface area contributed by atoms with Crippen LogP contribution in [0.3, 0.4) is 0 Å². The van der Waals surface area contributed by atoms with E-state index >= 15 is 0 Å². The number of hydrogen-bond acceptors (Lipinski definition) is 4. The molecule has 1 aliphatic carbocycles. The van der Waals surface area contributed by atoms with E-state index < -0.39 is 0 Å². The van der Waals surface area contributed by atoms with Crippen LogP contribution in [-0.4, -0.2) is 32.6 Å². The zero-order valence-corrected chi connectivity index (χ0v) is 13.8. The number of Topliss-reactive ketones (excluding diaryl/α,β-unsaturated/α-hetero) is 1. The molecule has 23 heavy (non-hydrogen) atoms. The van der Waals surface area contributed by atoms with Crippen LogP contribution in [0, 0.1) is 5.92 Å². The molecule has 0 radical (unpaired) electrons. The second kappa shape index (κ2) is 8.63. The Bertz CT molecular complexity index is 576. The molecule has 124 valence electrons. The number of unbranched alkanes of at least 4 members (excludes halogenated alkanes) is 1. The van der Waals surface area contributed by atoms with Crippen molar-refractivity contribution in [3.05, 3.63) is 47.5 Å². The number of rotatable bonds is 8. The quantitative estimate of drug-likeness (QED) is 0.418. The smallest absolute Gasteiger partial charge is 0.305 e. The summed E-state index contributed by atoms with van der Waals surface area (Å²) in [5.74, 6) is 0.106. The highest BCUT2D eigenvalue weighted by molar-refractivity contribution is 6.03. The Hall–Kier alpha value is -1.94. The minimum Gasteiger partial charge on any atom is -0.469 e. The summed E-state index contributed by atoms with van der Waals surface area (Å²) in [6.07, 6.45) is 6.82. The molecule has 0 fully saturated rings. The Morgan fingerprint density at radius 3 is 2.70 bits per heavy atom. The molecular weight excluding hydrogens is 292 g/mol. The van der Waals surface area contributed by atoms with Crippen LogP contribution in [0.1, 0.15) is 47.5 Å². The Morgan fingerprint density at radius 2 is 1.96 bits per heavy atom. The molecular formula is C19H24O4. The maximum absolute atomic E-state index is 12.6. The average Bonchev–Trinajstić information content (AvgIpc) is 2.84. The molecule has 1 aliphatic rings. The molecule has 0 bridgehead atoms. The molecule has 2 unspecified atom stereocenters. The number of ether oxygens (including phenoxy) is 2. The molecule has 2 atom stereocenters. The van der Waals surface area contributed by atoms with Crippen molar-refractivity contribution in [1.82, 2.24) is 0 Å². The van der Waals surface area contributed by atoms with E-state index in [-0.39, 0.29) is 23.6 Å². The number of fused-ring (bicyclic) bond motifs is 1. The summed E-state index contributed by atoms with van der Waals surface area (Å²) in [5.41, 5.74) is 1.93. The summed E-state index contributed by atoms with van der Waals surface area (Å²) >= 11 is 0. The first-order valence-corrected chi connectivity index (χ1v) is 8.03. The second-order valence-corrected chi connectivity index (χ2v) is 5.80. The van der Waals surface area contributed by atoms with Crippen molar-refractivity contribution in [2.24, 2.45) is 5.92 Å². The van der Waals surface area contributed by atoms with Gasteiger partial charge in [0.05, 0.1) is 13.7 Å². The SMILES string of the molecule is COCC1c2ccccc2C(=O)C1C/C=C\CCCC(=O)OC. The van der Waals surface area contributed by atoms with Crippen molar-refractivity contribution < 1.29 is 19.1 Å². The molecule has 2 rings (SSSR count). The van der Waals surface area contributed by atoms with Gasteiger partial charge < -0.3 is 9.47 Å². The lowest BCUT2D eigenvalue weighted by Gasteiger charge is -2.17. The summed E-state index contributed by atoms with van der Waals surface area (Å²) in [7, 11) is 3.07. The highest BCUT2D eigenvalue weighted by atomic mass is 16.5. The van der Waals surface area contributed by atoms with Crippen LogP contribution in [0.15, 0.2) is 36.4 Å². The lowest BCUT2D eigenvalue weighted by atomic mass is 9.90. The van der Waals surface area contributed by atoms with Gasteiger partial charge in [0.25, 0.3) is 0 Å². The molecule has 0 aromatic heterocycles. The van der Waals surface area contributed by atoms with E-state index in [0.717, 1.165) is 24.0 Å². The molecule has 0 aliphatic heterocycles. The fourth-order valence-electron chi connectivity index (χ4n) is 3.13. The molecule has 0 amide bonds. The number of carbonyl (C=O) groups excluding carboxylic acids is 2. The number of benzene rings is 1. The molecule has 1 aromatic carbocycles. The van der Waals surface area contributed by atoms with Gasteiger partial charge in [0.2, 0.25) is 0 Å². The van der Waals surface area contributed by atoms with Crippen LogP contribution in [0.25, 0.3) is 0 Å². The molecule has 1 aromatic rings. The van der Waals surface area contributed by atoms with Crippen molar-refractivity contribution in [2.45, 2.75) is 31.6 Å². The zero-order valence-electron chi connectivity index (χ0n) is 13.8.